The van der Waals surface area contributed by atoms with Crippen LogP contribution in [0.25, 0.3) is 10.6 Å². The molecule has 4 aromatic rings. The van der Waals surface area contributed by atoms with Gasteiger partial charge < -0.3 is 35.1 Å². The van der Waals surface area contributed by atoms with Crippen molar-refractivity contribution in [2.75, 3.05) is 0 Å². The van der Waals surface area contributed by atoms with E-state index in [4.69, 9.17) is 0 Å². The first kappa shape index (κ1) is 20.3. The zero-order valence-corrected chi connectivity index (χ0v) is 16.6. The summed E-state index contributed by atoms with van der Waals surface area (Å²) in [5, 5.41) is 4.54. The van der Waals surface area contributed by atoms with Gasteiger partial charge in [0.25, 0.3) is 0 Å². The quantitative estimate of drug-likeness (QED) is 0.351. The van der Waals surface area contributed by atoms with E-state index in [1.807, 2.05) is 36.5 Å². The SMILES string of the molecule is Cc1ccc(-c2ncc(CNC[c-]3[cH-][cH-][cH-][cH-]3)s2)cc1.[Fe].c1cc[cH-]c1. The first-order chi connectivity index (χ1) is 12.3. The minimum Gasteiger partial charge on any atom is -0.748 e. The van der Waals surface area contributed by atoms with Gasteiger partial charge in [-0.15, -0.1) is 11.3 Å². The number of benzene rings is 1. The molecule has 0 aliphatic rings. The number of aryl methyl sites for hydroxylation is 1. The van der Waals surface area contributed by atoms with E-state index in [1.54, 1.807) is 11.3 Å². The Morgan fingerprint density at radius 1 is 1.08 bits per heavy atom. The van der Waals surface area contributed by atoms with E-state index >= 15 is 0 Å². The Morgan fingerprint density at radius 3 is 2.38 bits per heavy atom. The molecule has 0 saturated heterocycles. The normalized spacial score (nSPS) is 9.88. The zero-order valence-electron chi connectivity index (χ0n) is 14.7. The van der Waals surface area contributed by atoms with E-state index in [0.717, 1.165) is 18.1 Å². The first-order valence-corrected chi connectivity index (χ1v) is 9.22. The van der Waals surface area contributed by atoms with Gasteiger partial charge in [-0.1, -0.05) is 29.8 Å². The second-order valence-electron chi connectivity index (χ2n) is 5.86. The molecule has 0 radical (unpaired) electrons. The molecule has 0 bridgehead atoms. The minimum absolute atomic E-state index is 0. The van der Waals surface area contributed by atoms with Crippen LogP contribution in [0.3, 0.4) is 0 Å². The summed E-state index contributed by atoms with van der Waals surface area (Å²) in [5.74, 6) is 0. The molecular formula is C22H22FeN2S-6. The second kappa shape index (κ2) is 10.9. The van der Waals surface area contributed by atoms with Gasteiger partial charge >= 0.3 is 0 Å². The van der Waals surface area contributed by atoms with E-state index in [1.165, 1.54) is 21.6 Å². The summed E-state index contributed by atoms with van der Waals surface area (Å²) in [6.07, 6.45) is 1.97. The van der Waals surface area contributed by atoms with Crippen molar-refractivity contribution in [3.05, 3.63) is 101 Å². The molecule has 1 heterocycles. The van der Waals surface area contributed by atoms with Gasteiger partial charge in [-0.05, 0) is 6.92 Å². The summed E-state index contributed by atoms with van der Waals surface area (Å²) in [6, 6.07) is 26.9. The molecule has 0 saturated carbocycles. The molecule has 3 aromatic carbocycles. The largest absolute Gasteiger partial charge is 0.748 e. The van der Waals surface area contributed by atoms with Crippen LogP contribution in [-0.2, 0) is 30.2 Å². The molecule has 0 amide bonds. The number of hydrogen-bond acceptors (Lipinski definition) is 3. The molecule has 0 spiro atoms. The monoisotopic (exact) mass is 402 g/mol. The van der Waals surface area contributed by atoms with Gasteiger partial charge in [0.1, 0.15) is 5.01 Å². The maximum absolute atomic E-state index is 4.51. The summed E-state index contributed by atoms with van der Waals surface area (Å²) in [6.45, 7) is 3.88. The fourth-order valence-corrected chi connectivity index (χ4v) is 3.29. The second-order valence-corrected chi connectivity index (χ2v) is 6.97. The fraction of sp³-hybridized carbons (Fsp3) is 0.136. The number of nitrogens with zero attached hydrogens (tertiary/aromatic N) is 1. The summed E-state index contributed by atoms with van der Waals surface area (Å²) in [4.78, 5) is 5.78. The van der Waals surface area contributed by atoms with Gasteiger partial charge in [-0.3, -0.25) is 0 Å². The van der Waals surface area contributed by atoms with Gasteiger partial charge in [0.2, 0.25) is 0 Å². The van der Waals surface area contributed by atoms with Crippen LogP contribution in [0, 0.1) is 6.92 Å². The smallest absolute Gasteiger partial charge is 0.123 e. The Bertz CT molecular complexity index is 814. The first-order valence-electron chi connectivity index (χ1n) is 8.41. The van der Waals surface area contributed by atoms with Gasteiger partial charge in [-0.2, -0.15) is 24.7 Å². The molecule has 26 heavy (non-hydrogen) atoms. The molecule has 2 nitrogen and oxygen atoms in total. The molecule has 1 aromatic heterocycles. The fourth-order valence-electron chi connectivity index (χ4n) is 2.40. The van der Waals surface area contributed by atoms with Crippen LogP contribution in [0.2, 0.25) is 0 Å². The summed E-state index contributed by atoms with van der Waals surface area (Å²) in [7, 11) is 0. The summed E-state index contributed by atoms with van der Waals surface area (Å²) >= 11 is 1.76. The Labute approximate surface area is 170 Å². The molecule has 4 rings (SSSR count). The predicted octanol–water partition coefficient (Wildman–Crippen LogP) is 5.53. The van der Waals surface area contributed by atoms with Crippen molar-refractivity contribution >= 4 is 11.3 Å². The molecule has 0 aliphatic heterocycles. The molecule has 1 N–H and O–H groups in total. The van der Waals surface area contributed by atoms with Crippen LogP contribution in [0.15, 0.2) is 85.1 Å². The maximum atomic E-state index is 4.51. The maximum Gasteiger partial charge on any atom is 0.123 e. The van der Waals surface area contributed by atoms with Crippen molar-refractivity contribution in [2.24, 2.45) is 0 Å². The summed E-state index contributed by atoms with van der Waals surface area (Å²) in [5.41, 5.74) is 3.80. The van der Waals surface area contributed by atoms with Crippen LogP contribution >= 0.6 is 11.3 Å². The predicted molar refractivity (Wildman–Crippen MR) is 107 cm³/mol. The van der Waals surface area contributed by atoms with E-state index in [9.17, 15) is 0 Å². The molecule has 0 atom stereocenters. The van der Waals surface area contributed by atoms with Crippen molar-refractivity contribution in [3.8, 4) is 10.6 Å². The van der Waals surface area contributed by atoms with Gasteiger partial charge in [0.05, 0.1) is 0 Å². The Morgan fingerprint density at radius 2 is 1.77 bits per heavy atom. The van der Waals surface area contributed by atoms with Crippen molar-refractivity contribution in [1.82, 2.24) is 10.3 Å². The van der Waals surface area contributed by atoms with Crippen LogP contribution in [0.1, 0.15) is 16.0 Å². The Kier molecular flexibility index (Phi) is 8.52. The van der Waals surface area contributed by atoms with Crippen LogP contribution in [-0.4, -0.2) is 4.98 Å². The zero-order chi connectivity index (χ0) is 17.3. The number of hydrogen-bond donors (Lipinski definition) is 1. The Balaban J connectivity index is 0.000000351. The standard InChI is InChI=1S/C17H17N2S.C5H5.Fe/c1-13-6-8-15(9-7-13)17-19-12-16(20-17)11-18-10-14-4-2-3-5-14;1-2-4-5-3-1;/h2-9,12,18H,10-11H2,1H3;1-5H;/q-5;-1;. The average molecular weight is 402 g/mol. The van der Waals surface area contributed by atoms with Crippen molar-refractivity contribution < 1.29 is 17.1 Å². The van der Waals surface area contributed by atoms with Crippen molar-refractivity contribution in [3.63, 3.8) is 0 Å². The minimum atomic E-state index is 0. The third kappa shape index (κ3) is 6.40. The number of rotatable bonds is 5. The number of aromatic nitrogens is 1. The third-order valence-corrected chi connectivity index (χ3v) is 4.81. The molecule has 0 unspecified atom stereocenters. The van der Waals surface area contributed by atoms with E-state index < -0.39 is 0 Å². The van der Waals surface area contributed by atoms with Crippen molar-refractivity contribution in [1.29, 1.82) is 0 Å². The van der Waals surface area contributed by atoms with E-state index in [0.29, 0.717) is 0 Å². The van der Waals surface area contributed by atoms with Crippen molar-refractivity contribution in [2.45, 2.75) is 20.0 Å². The topological polar surface area (TPSA) is 24.9 Å². The van der Waals surface area contributed by atoms with Crippen LogP contribution < -0.4 is 5.32 Å². The van der Waals surface area contributed by atoms with Gasteiger partial charge in [-0.25, -0.2) is 17.1 Å². The van der Waals surface area contributed by atoms with Crippen LogP contribution in [0.5, 0.6) is 0 Å². The van der Waals surface area contributed by atoms with E-state index in [2.05, 4.69) is 65.8 Å². The molecule has 0 fully saturated rings. The molecule has 140 valence electrons. The third-order valence-electron chi connectivity index (χ3n) is 3.77. The van der Waals surface area contributed by atoms with Crippen LogP contribution in [0.4, 0.5) is 0 Å². The van der Waals surface area contributed by atoms with Gasteiger partial charge in [0.15, 0.2) is 0 Å². The average Bonchev–Trinajstić information content (AvgIpc) is 3.40. The molecular weight excluding hydrogens is 380 g/mol. The molecule has 4 heteroatoms. The van der Waals surface area contributed by atoms with E-state index in [-0.39, 0.29) is 17.1 Å². The summed E-state index contributed by atoms with van der Waals surface area (Å²) < 4.78 is 0. The number of nitrogens with one attached hydrogen (secondary N) is 1. The molecule has 0 aliphatic carbocycles. The van der Waals surface area contributed by atoms with Gasteiger partial charge in [0, 0.05) is 40.3 Å². The Hall–Kier alpha value is -1.97. The number of thiazole rings is 1.